The summed E-state index contributed by atoms with van der Waals surface area (Å²) in [6.45, 7) is 1.79. The van der Waals surface area contributed by atoms with E-state index in [2.05, 4.69) is 20.3 Å². The van der Waals surface area contributed by atoms with Gasteiger partial charge < -0.3 is 24.8 Å². The van der Waals surface area contributed by atoms with Crippen molar-refractivity contribution in [3.8, 4) is 17.1 Å². The largest absolute Gasteiger partial charge is 0.480 e. The van der Waals surface area contributed by atoms with E-state index in [0.29, 0.717) is 36.9 Å². The van der Waals surface area contributed by atoms with Crippen molar-refractivity contribution in [2.45, 2.75) is 6.04 Å². The molecule has 1 aliphatic rings. The van der Waals surface area contributed by atoms with Crippen LogP contribution in [0.4, 0.5) is 5.69 Å². The molecule has 9 nitrogen and oxygen atoms in total. The molecule has 0 bridgehead atoms. The summed E-state index contributed by atoms with van der Waals surface area (Å²) in [4.78, 5) is 39.3. The van der Waals surface area contributed by atoms with Gasteiger partial charge in [0, 0.05) is 44.5 Å². The lowest BCUT2D eigenvalue weighted by molar-refractivity contribution is -0.130. The summed E-state index contributed by atoms with van der Waals surface area (Å²) < 4.78 is 5.11. The number of pyridine rings is 1. The standard InChI is InChI=1S/C19H24N6O3/c1-20-6-4-5-18(26)25-11-14(12-25)24(2)16-7-13(8-22-19(16)27)15-9-21-10-17(23-15)28-3/h4-5,7-10,14,20H,6,11-12H2,1-3H3,(H,22,27)/b5-4+. The first-order valence-electron chi connectivity index (χ1n) is 8.95. The second-order valence-corrected chi connectivity index (χ2v) is 6.52. The number of methoxy groups -OCH3 is 1. The highest BCUT2D eigenvalue weighted by molar-refractivity contribution is 5.88. The van der Waals surface area contributed by atoms with Crippen molar-refractivity contribution in [2.24, 2.45) is 0 Å². The van der Waals surface area contributed by atoms with Crippen molar-refractivity contribution in [3.63, 3.8) is 0 Å². The molecule has 9 heteroatoms. The number of likely N-dealkylation sites (tertiary alicyclic amines) is 1. The van der Waals surface area contributed by atoms with Crippen LogP contribution in [0.15, 0.2) is 41.6 Å². The number of hydrogen-bond donors (Lipinski definition) is 2. The number of carbonyl (C=O) groups is 1. The summed E-state index contributed by atoms with van der Waals surface area (Å²) in [5, 5.41) is 2.96. The van der Waals surface area contributed by atoms with Crippen molar-refractivity contribution in [1.82, 2.24) is 25.2 Å². The molecule has 2 aromatic heterocycles. The fourth-order valence-electron chi connectivity index (χ4n) is 2.93. The van der Waals surface area contributed by atoms with Crippen molar-refractivity contribution < 1.29 is 9.53 Å². The highest BCUT2D eigenvalue weighted by atomic mass is 16.5. The number of nitrogens with one attached hydrogen (secondary N) is 2. The zero-order valence-corrected chi connectivity index (χ0v) is 16.2. The third-order valence-electron chi connectivity index (χ3n) is 4.69. The molecule has 3 heterocycles. The molecule has 1 aliphatic heterocycles. The Bertz CT molecular complexity index is 920. The number of aromatic nitrogens is 3. The van der Waals surface area contributed by atoms with E-state index in [1.54, 1.807) is 35.5 Å². The highest BCUT2D eigenvalue weighted by Gasteiger charge is 2.33. The minimum atomic E-state index is -0.194. The van der Waals surface area contributed by atoms with Gasteiger partial charge in [-0.15, -0.1) is 0 Å². The average Bonchev–Trinajstić information content (AvgIpc) is 2.67. The predicted octanol–water partition coefficient (Wildman–Crippen LogP) is 0.263. The lowest BCUT2D eigenvalue weighted by atomic mass is 10.1. The summed E-state index contributed by atoms with van der Waals surface area (Å²) in [6.07, 6.45) is 8.10. The molecule has 2 N–H and O–H groups in total. The number of carbonyl (C=O) groups excluding carboxylic acids is 1. The smallest absolute Gasteiger partial charge is 0.271 e. The molecule has 1 saturated heterocycles. The Morgan fingerprint density at radius 2 is 2.25 bits per heavy atom. The van der Waals surface area contributed by atoms with Crippen LogP contribution in [0.2, 0.25) is 0 Å². The van der Waals surface area contributed by atoms with Gasteiger partial charge in [0.05, 0.1) is 31.2 Å². The van der Waals surface area contributed by atoms with E-state index in [1.807, 2.05) is 19.0 Å². The van der Waals surface area contributed by atoms with Crippen LogP contribution in [-0.2, 0) is 4.79 Å². The molecule has 1 amide bonds. The van der Waals surface area contributed by atoms with Crippen LogP contribution in [0.3, 0.4) is 0 Å². The third-order valence-corrected chi connectivity index (χ3v) is 4.69. The van der Waals surface area contributed by atoms with Crippen LogP contribution in [0, 0.1) is 0 Å². The van der Waals surface area contributed by atoms with Gasteiger partial charge in [-0.25, -0.2) is 4.98 Å². The van der Waals surface area contributed by atoms with Gasteiger partial charge in [0.15, 0.2) is 0 Å². The van der Waals surface area contributed by atoms with Gasteiger partial charge in [-0.3, -0.25) is 14.6 Å². The summed E-state index contributed by atoms with van der Waals surface area (Å²) >= 11 is 0. The van der Waals surface area contributed by atoms with Crippen molar-refractivity contribution in [2.75, 3.05) is 45.7 Å². The summed E-state index contributed by atoms with van der Waals surface area (Å²) in [6, 6.07) is 1.86. The van der Waals surface area contributed by atoms with Gasteiger partial charge in [-0.1, -0.05) is 6.08 Å². The maximum atomic E-state index is 12.3. The molecule has 28 heavy (non-hydrogen) atoms. The number of ether oxygens (including phenoxy) is 1. The van der Waals surface area contributed by atoms with E-state index in [-0.39, 0.29) is 17.5 Å². The Kier molecular flexibility index (Phi) is 6.05. The Balaban J connectivity index is 1.72. The van der Waals surface area contributed by atoms with E-state index < -0.39 is 0 Å². The van der Waals surface area contributed by atoms with Crippen LogP contribution in [0.25, 0.3) is 11.3 Å². The van der Waals surface area contributed by atoms with Crippen LogP contribution in [-0.4, -0.2) is 72.6 Å². The molecule has 0 aromatic carbocycles. The second-order valence-electron chi connectivity index (χ2n) is 6.52. The normalized spacial score (nSPS) is 14.2. The number of hydrogen-bond acceptors (Lipinski definition) is 7. The molecule has 2 aromatic rings. The number of H-pyrrole nitrogens is 1. The molecule has 0 unspecified atom stereocenters. The Hall–Kier alpha value is -3.20. The first-order chi connectivity index (χ1) is 13.5. The predicted molar refractivity (Wildman–Crippen MR) is 106 cm³/mol. The fourth-order valence-corrected chi connectivity index (χ4v) is 2.93. The van der Waals surface area contributed by atoms with E-state index >= 15 is 0 Å². The first kappa shape index (κ1) is 19.6. The number of rotatable bonds is 7. The minimum Gasteiger partial charge on any atom is -0.480 e. The SMILES string of the molecule is CNC/C=C/C(=O)N1CC(N(C)c2cc(-c3cncc(OC)n3)c[nH]c2=O)C1. The number of nitrogens with zero attached hydrogens (tertiary/aromatic N) is 4. The van der Waals surface area contributed by atoms with E-state index in [4.69, 9.17) is 4.74 Å². The minimum absolute atomic E-state index is 0.0192. The number of aromatic amines is 1. The molecule has 0 saturated carbocycles. The first-order valence-corrected chi connectivity index (χ1v) is 8.95. The van der Waals surface area contributed by atoms with Gasteiger partial charge in [0.1, 0.15) is 5.69 Å². The van der Waals surface area contributed by atoms with Crippen molar-refractivity contribution in [1.29, 1.82) is 0 Å². The highest BCUT2D eigenvalue weighted by Crippen LogP contribution is 2.23. The molecule has 0 spiro atoms. The maximum Gasteiger partial charge on any atom is 0.271 e. The number of anilines is 1. The molecule has 0 atom stereocenters. The van der Waals surface area contributed by atoms with Gasteiger partial charge in [-0.2, -0.15) is 0 Å². The van der Waals surface area contributed by atoms with Crippen molar-refractivity contribution in [3.05, 3.63) is 47.2 Å². The van der Waals surface area contributed by atoms with Crippen LogP contribution in [0.1, 0.15) is 0 Å². The van der Waals surface area contributed by atoms with Gasteiger partial charge in [0.2, 0.25) is 11.8 Å². The zero-order valence-electron chi connectivity index (χ0n) is 16.2. The van der Waals surface area contributed by atoms with E-state index in [0.717, 1.165) is 5.56 Å². The molecular weight excluding hydrogens is 360 g/mol. The van der Waals surface area contributed by atoms with Crippen molar-refractivity contribution >= 4 is 11.6 Å². The lowest BCUT2D eigenvalue weighted by Gasteiger charge is -2.44. The van der Waals surface area contributed by atoms with Gasteiger partial charge >= 0.3 is 0 Å². The molecule has 148 valence electrons. The average molecular weight is 384 g/mol. The summed E-state index contributed by atoms with van der Waals surface area (Å²) in [5.74, 6) is 0.382. The molecular formula is C19H24N6O3. The zero-order chi connectivity index (χ0) is 20.1. The monoisotopic (exact) mass is 384 g/mol. The fraction of sp³-hybridized carbons (Fsp3) is 0.368. The molecule has 0 radical (unpaired) electrons. The van der Waals surface area contributed by atoms with E-state index in [9.17, 15) is 9.59 Å². The molecule has 3 rings (SSSR count). The third kappa shape index (κ3) is 4.20. The quantitative estimate of drug-likeness (QED) is 0.660. The lowest BCUT2D eigenvalue weighted by Crippen LogP contribution is -2.60. The Labute approximate surface area is 163 Å². The topological polar surface area (TPSA) is 103 Å². The van der Waals surface area contributed by atoms with Crippen LogP contribution >= 0.6 is 0 Å². The Morgan fingerprint density at radius 1 is 1.46 bits per heavy atom. The molecule has 0 aliphatic carbocycles. The number of likely N-dealkylation sites (N-methyl/N-ethyl adjacent to an activating group) is 2. The maximum absolute atomic E-state index is 12.3. The summed E-state index contributed by atoms with van der Waals surface area (Å²) in [7, 11) is 5.21. The number of amides is 1. The summed E-state index contributed by atoms with van der Waals surface area (Å²) in [5.41, 5.74) is 1.66. The molecule has 1 fully saturated rings. The van der Waals surface area contributed by atoms with E-state index in [1.165, 1.54) is 13.3 Å². The Morgan fingerprint density at radius 3 is 2.96 bits per heavy atom. The van der Waals surface area contributed by atoms with Gasteiger partial charge in [0.25, 0.3) is 5.56 Å². The van der Waals surface area contributed by atoms with Gasteiger partial charge in [-0.05, 0) is 13.1 Å². The van der Waals surface area contributed by atoms with Crippen LogP contribution < -0.4 is 20.5 Å². The van der Waals surface area contributed by atoms with Crippen LogP contribution in [0.5, 0.6) is 5.88 Å². The second kappa shape index (κ2) is 8.66.